The monoisotopic (exact) mass is 231 g/mol. The number of aliphatic hydroxyl groups is 1. The Kier molecular flexibility index (Phi) is 6.67. The van der Waals surface area contributed by atoms with Gasteiger partial charge in [0, 0.05) is 20.4 Å². The van der Waals surface area contributed by atoms with Gasteiger partial charge in [0.2, 0.25) is 11.8 Å². The molecule has 0 fully saturated rings. The molecule has 1 unspecified atom stereocenters. The molecule has 0 aliphatic heterocycles. The van der Waals surface area contributed by atoms with Crippen LogP contribution in [0.4, 0.5) is 0 Å². The largest absolute Gasteiger partial charge is 0.379 e. The van der Waals surface area contributed by atoms with E-state index in [9.17, 15) is 9.59 Å². The van der Waals surface area contributed by atoms with Crippen molar-refractivity contribution in [3.05, 3.63) is 0 Å². The second-order valence-corrected chi connectivity index (χ2v) is 3.61. The summed E-state index contributed by atoms with van der Waals surface area (Å²) in [6, 6.07) is 0. The maximum absolute atomic E-state index is 11.3. The van der Waals surface area contributed by atoms with E-state index >= 15 is 0 Å². The first-order valence-corrected chi connectivity index (χ1v) is 5.31. The standard InChI is InChI=1S/C10H21N3O3/c1-5-12(9(3)15)7-13(10(4)16)6-11-8(2)14/h8,11,14H,5-7H2,1-4H3. The Morgan fingerprint density at radius 2 is 1.75 bits per heavy atom. The van der Waals surface area contributed by atoms with Gasteiger partial charge in [-0.2, -0.15) is 0 Å². The number of amides is 2. The molecule has 0 aromatic rings. The molecule has 94 valence electrons. The van der Waals surface area contributed by atoms with Crippen LogP contribution in [0.1, 0.15) is 27.7 Å². The number of nitrogens with zero attached hydrogens (tertiary/aromatic N) is 2. The van der Waals surface area contributed by atoms with E-state index in [4.69, 9.17) is 5.11 Å². The molecule has 0 saturated heterocycles. The summed E-state index contributed by atoms with van der Waals surface area (Å²) in [5.41, 5.74) is 0. The van der Waals surface area contributed by atoms with Crippen LogP contribution in [-0.2, 0) is 9.59 Å². The van der Waals surface area contributed by atoms with E-state index in [1.54, 1.807) is 11.8 Å². The Bertz CT molecular complexity index is 243. The number of nitrogens with one attached hydrogen (secondary N) is 1. The fraction of sp³-hybridized carbons (Fsp3) is 0.800. The number of hydrogen-bond donors (Lipinski definition) is 2. The van der Waals surface area contributed by atoms with Gasteiger partial charge in [-0.1, -0.05) is 0 Å². The van der Waals surface area contributed by atoms with Crippen molar-refractivity contribution in [1.82, 2.24) is 15.1 Å². The SMILES string of the molecule is CCN(CN(CNC(C)O)C(C)=O)C(C)=O. The first kappa shape index (κ1) is 14.9. The zero-order valence-electron chi connectivity index (χ0n) is 10.4. The molecule has 0 rings (SSSR count). The Hall–Kier alpha value is -1.14. The van der Waals surface area contributed by atoms with E-state index in [1.165, 1.54) is 18.7 Å². The summed E-state index contributed by atoms with van der Waals surface area (Å²) in [5.74, 6) is -0.223. The van der Waals surface area contributed by atoms with Crippen LogP contribution in [0.15, 0.2) is 0 Å². The zero-order valence-corrected chi connectivity index (χ0v) is 10.4. The van der Waals surface area contributed by atoms with Crippen molar-refractivity contribution in [1.29, 1.82) is 0 Å². The quantitative estimate of drug-likeness (QED) is 0.607. The summed E-state index contributed by atoms with van der Waals surface area (Å²) in [7, 11) is 0. The molecule has 0 bridgehead atoms. The molecule has 6 nitrogen and oxygen atoms in total. The molecule has 1 atom stereocenters. The highest BCUT2D eigenvalue weighted by molar-refractivity contribution is 5.75. The number of hydrogen-bond acceptors (Lipinski definition) is 4. The van der Waals surface area contributed by atoms with E-state index in [-0.39, 0.29) is 25.2 Å². The van der Waals surface area contributed by atoms with Crippen LogP contribution in [0.2, 0.25) is 0 Å². The predicted octanol–water partition coefficient (Wildman–Crippen LogP) is -0.454. The summed E-state index contributed by atoms with van der Waals surface area (Å²) in [5, 5.41) is 11.8. The molecular weight excluding hydrogens is 210 g/mol. The molecule has 0 radical (unpaired) electrons. The van der Waals surface area contributed by atoms with Crippen LogP contribution < -0.4 is 5.32 Å². The molecule has 0 aliphatic carbocycles. The second kappa shape index (κ2) is 7.19. The van der Waals surface area contributed by atoms with Gasteiger partial charge in [-0.25, -0.2) is 0 Å². The number of carbonyl (C=O) groups is 2. The highest BCUT2D eigenvalue weighted by atomic mass is 16.3. The van der Waals surface area contributed by atoms with Crippen molar-refractivity contribution < 1.29 is 14.7 Å². The Labute approximate surface area is 96.2 Å². The summed E-state index contributed by atoms with van der Waals surface area (Å²) in [4.78, 5) is 25.5. The van der Waals surface area contributed by atoms with Crippen molar-refractivity contribution >= 4 is 11.8 Å². The minimum atomic E-state index is -0.686. The van der Waals surface area contributed by atoms with Crippen molar-refractivity contribution in [2.75, 3.05) is 19.9 Å². The second-order valence-electron chi connectivity index (χ2n) is 3.61. The molecule has 2 N–H and O–H groups in total. The van der Waals surface area contributed by atoms with Crippen molar-refractivity contribution in [3.8, 4) is 0 Å². The molecule has 6 heteroatoms. The van der Waals surface area contributed by atoms with Gasteiger partial charge in [-0.05, 0) is 13.8 Å². The average Bonchev–Trinajstić information content (AvgIpc) is 2.16. The number of aliphatic hydroxyl groups excluding tert-OH is 1. The lowest BCUT2D eigenvalue weighted by atomic mass is 10.5. The molecule has 0 aromatic carbocycles. The third kappa shape index (κ3) is 5.67. The van der Waals surface area contributed by atoms with Gasteiger partial charge < -0.3 is 14.9 Å². The highest BCUT2D eigenvalue weighted by Crippen LogP contribution is 1.95. The first-order valence-electron chi connectivity index (χ1n) is 5.31. The van der Waals surface area contributed by atoms with E-state index < -0.39 is 6.23 Å². The van der Waals surface area contributed by atoms with E-state index in [2.05, 4.69) is 5.32 Å². The number of carbonyl (C=O) groups excluding carboxylic acids is 2. The van der Waals surface area contributed by atoms with Crippen LogP contribution in [0.25, 0.3) is 0 Å². The maximum Gasteiger partial charge on any atom is 0.221 e. The fourth-order valence-electron chi connectivity index (χ4n) is 1.13. The van der Waals surface area contributed by atoms with E-state index in [0.29, 0.717) is 6.54 Å². The third-order valence-corrected chi connectivity index (χ3v) is 2.19. The van der Waals surface area contributed by atoms with Gasteiger partial charge >= 0.3 is 0 Å². The minimum absolute atomic E-state index is 0.0780. The molecule has 0 aliphatic rings. The van der Waals surface area contributed by atoms with Crippen LogP contribution in [-0.4, -0.2) is 52.8 Å². The topological polar surface area (TPSA) is 72.9 Å². The lowest BCUT2D eigenvalue weighted by molar-refractivity contribution is -0.137. The summed E-state index contributed by atoms with van der Waals surface area (Å²) in [6.07, 6.45) is -0.686. The minimum Gasteiger partial charge on any atom is -0.379 e. The molecule has 16 heavy (non-hydrogen) atoms. The molecule has 0 aromatic heterocycles. The van der Waals surface area contributed by atoms with Crippen LogP contribution >= 0.6 is 0 Å². The van der Waals surface area contributed by atoms with E-state index in [1.807, 2.05) is 6.92 Å². The van der Waals surface area contributed by atoms with Crippen molar-refractivity contribution in [2.45, 2.75) is 33.9 Å². The molecule has 0 spiro atoms. The van der Waals surface area contributed by atoms with Crippen LogP contribution in [0.3, 0.4) is 0 Å². The lowest BCUT2D eigenvalue weighted by Gasteiger charge is -2.29. The Morgan fingerprint density at radius 3 is 2.06 bits per heavy atom. The van der Waals surface area contributed by atoms with Crippen LogP contribution in [0, 0.1) is 0 Å². The van der Waals surface area contributed by atoms with Crippen molar-refractivity contribution in [3.63, 3.8) is 0 Å². The maximum atomic E-state index is 11.3. The normalized spacial score (nSPS) is 12.1. The summed E-state index contributed by atoms with van der Waals surface area (Å²) >= 11 is 0. The van der Waals surface area contributed by atoms with Gasteiger partial charge in [0.25, 0.3) is 0 Å². The lowest BCUT2D eigenvalue weighted by Crippen LogP contribution is -2.47. The van der Waals surface area contributed by atoms with Gasteiger partial charge in [-0.15, -0.1) is 0 Å². The van der Waals surface area contributed by atoms with Crippen LogP contribution in [0.5, 0.6) is 0 Å². The fourth-order valence-corrected chi connectivity index (χ4v) is 1.13. The smallest absolute Gasteiger partial charge is 0.221 e. The van der Waals surface area contributed by atoms with Gasteiger partial charge in [-0.3, -0.25) is 14.9 Å². The highest BCUT2D eigenvalue weighted by Gasteiger charge is 2.14. The van der Waals surface area contributed by atoms with Gasteiger partial charge in [0.1, 0.15) is 6.23 Å². The number of rotatable bonds is 6. The first-order chi connectivity index (χ1) is 7.38. The summed E-state index contributed by atoms with van der Waals surface area (Å²) in [6.45, 7) is 7.32. The molecular formula is C10H21N3O3. The predicted molar refractivity (Wildman–Crippen MR) is 60.1 cm³/mol. The Morgan fingerprint density at radius 1 is 1.25 bits per heavy atom. The molecule has 0 heterocycles. The molecule has 0 saturated carbocycles. The van der Waals surface area contributed by atoms with Crippen molar-refractivity contribution in [2.24, 2.45) is 0 Å². The van der Waals surface area contributed by atoms with E-state index in [0.717, 1.165) is 0 Å². The Balaban J connectivity index is 4.31. The van der Waals surface area contributed by atoms with Gasteiger partial charge in [0.15, 0.2) is 0 Å². The molecule has 2 amide bonds. The average molecular weight is 231 g/mol. The summed E-state index contributed by atoms with van der Waals surface area (Å²) < 4.78 is 0. The van der Waals surface area contributed by atoms with Gasteiger partial charge in [0.05, 0.1) is 13.3 Å². The third-order valence-electron chi connectivity index (χ3n) is 2.19. The zero-order chi connectivity index (χ0) is 12.7.